The Morgan fingerprint density at radius 2 is 2.03 bits per heavy atom. The lowest BCUT2D eigenvalue weighted by molar-refractivity contribution is -0.113. The molecule has 1 amide bonds. The average molecular weight is 469 g/mol. The zero-order chi connectivity index (χ0) is 22.0. The van der Waals surface area contributed by atoms with Gasteiger partial charge in [-0.25, -0.2) is 4.39 Å². The van der Waals surface area contributed by atoms with Gasteiger partial charge in [-0.1, -0.05) is 35.5 Å². The van der Waals surface area contributed by atoms with E-state index in [2.05, 4.69) is 20.3 Å². The molecule has 1 aromatic heterocycles. The van der Waals surface area contributed by atoms with E-state index < -0.39 is 6.61 Å². The molecule has 0 spiro atoms. The second-order valence-corrected chi connectivity index (χ2v) is 8.10. The minimum absolute atomic E-state index is 0.0228. The quantitative estimate of drug-likeness (QED) is 0.448. The Morgan fingerprint density at radius 3 is 2.71 bits per heavy atom. The Hall–Kier alpha value is -2.72. The van der Waals surface area contributed by atoms with Crippen molar-refractivity contribution in [1.29, 1.82) is 0 Å². The van der Waals surface area contributed by atoms with Gasteiger partial charge in [-0.3, -0.25) is 9.36 Å². The third-order valence-electron chi connectivity index (χ3n) is 4.46. The smallest absolute Gasteiger partial charge is 0.387 e. The highest BCUT2D eigenvalue weighted by Gasteiger charge is 2.31. The monoisotopic (exact) mass is 468 g/mol. The summed E-state index contributed by atoms with van der Waals surface area (Å²) in [4.78, 5) is 12.3. The summed E-state index contributed by atoms with van der Waals surface area (Å²) in [6.45, 7) is -2.99. The maximum atomic E-state index is 14.2. The van der Waals surface area contributed by atoms with Gasteiger partial charge in [0.2, 0.25) is 5.91 Å². The van der Waals surface area contributed by atoms with Gasteiger partial charge in [0.05, 0.1) is 16.3 Å². The number of nitrogens with one attached hydrogen (secondary N) is 1. The molecule has 0 aliphatic heterocycles. The van der Waals surface area contributed by atoms with Crippen LogP contribution in [-0.2, 0) is 4.79 Å². The van der Waals surface area contributed by atoms with Crippen LogP contribution in [0.5, 0.6) is 5.75 Å². The summed E-state index contributed by atoms with van der Waals surface area (Å²) < 4.78 is 45.0. The molecule has 1 saturated carbocycles. The van der Waals surface area contributed by atoms with Crippen LogP contribution in [-0.4, -0.2) is 33.0 Å². The van der Waals surface area contributed by atoms with Gasteiger partial charge < -0.3 is 10.1 Å². The maximum Gasteiger partial charge on any atom is 0.387 e. The number of carbonyl (C=O) groups excluding carboxylic acids is 1. The molecular formula is C20H16ClF3N4O2S. The maximum absolute atomic E-state index is 14.2. The van der Waals surface area contributed by atoms with E-state index >= 15 is 0 Å². The lowest BCUT2D eigenvalue weighted by Crippen LogP contribution is -2.14. The third-order valence-corrected chi connectivity index (χ3v) is 5.69. The number of nitrogens with zero attached hydrogens (tertiary/aromatic N) is 3. The number of amides is 1. The summed E-state index contributed by atoms with van der Waals surface area (Å²) in [5.41, 5.74) is 0.701. The highest BCUT2D eigenvalue weighted by molar-refractivity contribution is 7.99. The molecule has 1 aliphatic rings. The fourth-order valence-corrected chi connectivity index (χ4v) is 3.99. The molecule has 2 aromatic carbocycles. The van der Waals surface area contributed by atoms with E-state index in [1.807, 2.05) is 4.57 Å². The van der Waals surface area contributed by atoms with Crippen LogP contribution in [0, 0.1) is 5.82 Å². The first-order chi connectivity index (χ1) is 14.9. The average Bonchev–Trinajstić information content (AvgIpc) is 3.48. The van der Waals surface area contributed by atoms with Crippen molar-refractivity contribution in [3.63, 3.8) is 0 Å². The summed E-state index contributed by atoms with van der Waals surface area (Å²) in [5.74, 6) is -0.453. The minimum Gasteiger partial charge on any atom is -0.433 e. The van der Waals surface area contributed by atoms with E-state index in [1.165, 1.54) is 36.0 Å². The molecule has 0 saturated heterocycles. The Kier molecular flexibility index (Phi) is 6.38. The first kappa shape index (κ1) is 21.5. The lowest BCUT2D eigenvalue weighted by atomic mass is 10.2. The first-order valence-corrected chi connectivity index (χ1v) is 10.7. The van der Waals surface area contributed by atoms with Gasteiger partial charge in [0, 0.05) is 11.7 Å². The summed E-state index contributed by atoms with van der Waals surface area (Å²) >= 11 is 7.08. The van der Waals surface area contributed by atoms with Crippen LogP contribution in [0.1, 0.15) is 18.9 Å². The predicted molar refractivity (Wildman–Crippen MR) is 111 cm³/mol. The number of rotatable bonds is 8. The van der Waals surface area contributed by atoms with Crippen molar-refractivity contribution < 1.29 is 22.7 Å². The molecule has 0 bridgehead atoms. The van der Waals surface area contributed by atoms with Crippen LogP contribution in [0.3, 0.4) is 0 Å². The zero-order valence-electron chi connectivity index (χ0n) is 15.9. The van der Waals surface area contributed by atoms with E-state index in [-0.39, 0.29) is 34.3 Å². The van der Waals surface area contributed by atoms with Crippen molar-refractivity contribution >= 4 is 35.0 Å². The predicted octanol–water partition coefficient (Wildman–Crippen LogP) is 5.40. The minimum atomic E-state index is -2.99. The number of thioether (sulfide) groups is 1. The van der Waals surface area contributed by atoms with E-state index in [4.69, 9.17) is 11.6 Å². The molecule has 1 heterocycles. The molecule has 1 N–H and O–H groups in total. The Balaban J connectivity index is 1.43. The van der Waals surface area contributed by atoms with Gasteiger partial charge in [0.1, 0.15) is 11.6 Å². The standard InChI is InChI=1S/C20H16ClF3N4O2S/c21-14-9-11(5-8-16(14)30-19(23)24)25-17(29)10-31-20-27-26-18(28(20)12-6-7-12)13-3-1-2-4-15(13)22/h1-5,8-9,12,19H,6-7,10H2,(H,25,29). The molecule has 1 fully saturated rings. The van der Waals surface area contributed by atoms with Gasteiger partial charge in [0.25, 0.3) is 0 Å². The molecule has 6 nitrogen and oxygen atoms in total. The molecule has 11 heteroatoms. The van der Waals surface area contributed by atoms with Crippen molar-refractivity contribution in [2.75, 3.05) is 11.1 Å². The molecule has 3 aromatic rings. The zero-order valence-corrected chi connectivity index (χ0v) is 17.5. The molecule has 31 heavy (non-hydrogen) atoms. The van der Waals surface area contributed by atoms with E-state index in [0.717, 1.165) is 12.8 Å². The van der Waals surface area contributed by atoms with Crippen LogP contribution in [0.2, 0.25) is 5.02 Å². The normalized spacial score (nSPS) is 13.5. The molecule has 1 aliphatic carbocycles. The SMILES string of the molecule is O=C(CSc1nnc(-c2ccccc2F)n1C1CC1)Nc1ccc(OC(F)F)c(Cl)c1. The van der Waals surface area contributed by atoms with Gasteiger partial charge in [-0.05, 0) is 43.2 Å². The summed E-state index contributed by atoms with van der Waals surface area (Å²) in [5, 5.41) is 11.4. The number of hydrogen-bond acceptors (Lipinski definition) is 5. The molecule has 162 valence electrons. The topological polar surface area (TPSA) is 69.0 Å². The van der Waals surface area contributed by atoms with Crippen molar-refractivity contribution in [1.82, 2.24) is 14.8 Å². The largest absolute Gasteiger partial charge is 0.433 e. The highest BCUT2D eigenvalue weighted by atomic mass is 35.5. The Labute approximate surface area is 184 Å². The van der Waals surface area contributed by atoms with Crippen LogP contribution in [0.25, 0.3) is 11.4 Å². The van der Waals surface area contributed by atoms with Crippen molar-refractivity contribution in [2.45, 2.75) is 30.7 Å². The summed E-state index contributed by atoms with van der Waals surface area (Å²) in [6.07, 6.45) is 1.87. The molecule has 4 rings (SSSR count). The number of ether oxygens (including phenoxy) is 1. The number of benzene rings is 2. The summed E-state index contributed by atoms with van der Waals surface area (Å²) in [7, 11) is 0. The van der Waals surface area contributed by atoms with Gasteiger partial charge in [0.15, 0.2) is 11.0 Å². The second kappa shape index (κ2) is 9.19. The Bertz CT molecular complexity index is 1110. The van der Waals surface area contributed by atoms with Crippen LogP contribution in [0.15, 0.2) is 47.6 Å². The van der Waals surface area contributed by atoms with Crippen LogP contribution in [0.4, 0.5) is 18.9 Å². The highest BCUT2D eigenvalue weighted by Crippen LogP contribution is 2.41. The van der Waals surface area contributed by atoms with Gasteiger partial charge in [-0.2, -0.15) is 8.78 Å². The van der Waals surface area contributed by atoms with E-state index in [9.17, 15) is 18.0 Å². The molecule has 0 radical (unpaired) electrons. The fourth-order valence-electron chi connectivity index (χ4n) is 2.96. The summed E-state index contributed by atoms with van der Waals surface area (Å²) in [6, 6.07) is 10.5. The molecule has 0 atom stereocenters. The number of hydrogen-bond donors (Lipinski definition) is 1. The Morgan fingerprint density at radius 1 is 1.26 bits per heavy atom. The van der Waals surface area contributed by atoms with Crippen LogP contribution < -0.4 is 10.1 Å². The molecular weight excluding hydrogens is 453 g/mol. The number of aromatic nitrogens is 3. The third kappa shape index (κ3) is 5.13. The second-order valence-electron chi connectivity index (χ2n) is 6.75. The van der Waals surface area contributed by atoms with Crippen molar-refractivity contribution in [3.8, 4) is 17.1 Å². The van der Waals surface area contributed by atoms with Gasteiger partial charge >= 0.3 is 6.61 Å². The number of anilines is 1. The van der Waals surface area contributed by atoms with E-state index in [0.29, 0.717) is 22.2 Å². The molecule has 0 unspecified atom stereocenters. The van der Waals surface area contributed by atoms with Gasteiger partial charge in [-0.15, -0.1) is 10.2 Å². The van der Waals surface area contributed by atoms with Crippen LogP contribution >= 0.6 is 23.4 Å². The first-order valence-electron chi connectivity index (χ1n) is 9.29. The number of alkyl halides is 2. The fraction of sp³-hybridized carbons (Fsp3) is 0.250. The lowest BCUT2D eigenvalue weighted by Gasteiger charge is -2.10. The number of halogens is 4. The van der Waals surface area contributed by atoms with Crippen molar-refractivity contribution in [3.05, 3.63) is 53.3 Å². The van der Waals surface area contributed by atoms with E-state index in [1.54, 1.807) is 18.2 Å². The number of carbonyl (C=O) groups is 1. The van der Waals surface area contributed by atoms with Crippen molar-refractivity contribution in [2.24, 2.45) is 0 Å².